The average molecular weight is 320 g/mol. The molecule has 4 heteroatoms. The van der Waals surface area contributed by atoms with E-state index in [9.17, 15) is 4.79 Å². The van der Waals surface area contributed by atoms with Crippen LogP contribution in [0.2, 0.25) is 0 Å². The Hall–Kier alpha value is -2.59. The van der Waals surface area contributed by atoms with Gasteiger partial charge in [0.25, 0.3) is 0 Å². The monoisotopic (exact) mass is 320 g/mol. The van der Waals surface area contributed by atoms with Crippen molar-refractivity contribution in [3.05, 3.63) is 71.4 Å². The first-order valence-corrected chi connectivity index (χ1v) is 8.23. The smallest absolute Gasteiger partial charge is 0.329 e. The maximum Gasteiger partial charge on any atom is 0.329 e. The van der Waals surface area contributed by atoms with Crippen molar-refractivity contribution >= 4 is 16.9 Å². The molecule has 0 aliphatic carbocycles. The lowest BCUT2D eigenvalue weighted by Gasteiger charge is -2.33. The van der Waals surface area contributed by atoms with E-state index in [0.717, 1.165) is 30.7 Å². The summed E-state index contributed by atoms with van der Waals surface area (Å²) in [5.74, 6) is -0.210. The van der Waals surface area contributed by atoms with Gasteiger partial charge in [0.15, 0.2) is 0 Å². The summed E-state index contributed by atoms with van der Waals surface area (Å²) < 4.78 is 5.11. The van der Waals surface area contributed by atoms with Crippen LogP contribution in [0.15, 0.2) is 54.6 Å². The molecule has 1 aromatic heterocycles. The summed E-state index contributed by atoms with van der Waals surface area (Å²) in [5.41, 5.74) is 4.50. The largest absolute Gasteiger partial charge is 0.468 e. The van der Waals surface area contributed by atoms with Crippen LogP contribution in [-0.4, -0.2) is 29.5 Å². The van der Waals surface area contributed by atoms with E-state index in [1.165, 1.54) is 23.6 Å². The van der Waals surface area contributed by atoms with E-state index in [0.29, 0.717) is 0 Å². The number of benzene rings is 2. The first-order valence-electron chi connectivity index (χ1n) is 8.23. The van der Waals surface area contributed by atoms with Crippen LogP contribution in [0.25, 0.3) is 10.9 Å². The Kier molecular flexibility index (Phi) is 3.82. The van der Waals surface area contributed by atoms with Gasteiger partial charge < -0.3 is 9.72 Å². The highest BCUT2D eigenvalue weighted by molar-refractivity contribution is 5.88. The Morgan fingerprint density at radius 2 is 1.92 bits per heavy atom. The lowest BCUT2D eigenvalue weighted by atomic mass is 9.96. The molecule has 0 saturated heterocycles. The Bertz CT molecular complexity index is 870. The molecule has 0 bridgehead atoms. The number of aromatic nitrogens is 1. The van der Waals surface area contributed by atoms with Gasteiger partial charge in [0.05, 0.1) is 7.11 Å². The summed E-state index contributed by atoms with van der Waals surface area (Å²) in [6.07, 6.45) is 0.930. The zero-order valence-corrected chi connectivity index (χ0v) is 13.7. The van der Waals surface area contributed by atoms with Crippen molar-refractivity contribution in [1.82, 2.24) is 9.88 Å². The van der Waals surface area contributed by atoms with E-state index in [-0.39, 0.29) is 12.0 Å². The van der Waals surface area contributed by atoms with Gasteiger partial charge in [-0.05, 0) is 23.6 Å². The number of carbonyl (C=O) groups is 1. The van der Waals surface area contributed by atoms with Gasteiger partial charge in [-0.15, -0.1) is 0 Å². The maximum atomic E-state index is 12.5. The Morgan fingerprint density at radius 1 is 1.17 bits per heavy atom. The number of carbonyl (C=O) groups excluding carboxylic acids is 1. The number of nitrogens with one attached hydrogen (secondary N) is 1. The number of aromatic amines is 1. The molecule has 2 aromatic carbocycles. The van der Waals surface area contributed by atoms with Gasteiger partial charge in [-0.25, -0.2) is 4.79 Å². The molecule has 1 aliphatic rings. The van der Waals surface area contributed by atoms with E-state index < -0.39 is 0 Å². The van der Waals surface area contributed by atoms with Crippen molar-refractivity contribution < 1.29 is 9.53 Å². The fourth-order valence-corrected chi connectivity index (χ4v) is 3.66. The number of ether oxygens (including phenoxy) is 1. The second-order valence-corrected chi connectivity index (χ2v) is 6.19. The molecule has 1 unspecified atom stereocenters. The number of rotatable bonds is 3. The number of fused-ring (bicyclic) bond motifs is 3. The quantitative estimate of drug-likeness (QED) is 0.752. The number of esters is 1. The van der Waals surface area contributed by atoms with E-state index in [1.54, 1.807) is 0 Å². The molecular formula is C20H20N2O2. The molecule has 0 fully saturated rings. The molecule has 1 atom stereocenters. The highest BCUT2D eigenvalue weighted by Crippen LogP contribution is 2.35. The molecule has 24 heavy (non-hydrogen) atoms. The van der Waals surface area contributed by atoms with Crippen molar-refractivity contribution in [2.24, 2.45) is 0 Å². The van der Waals surface area contributed by atoms with E-state index >= 15 is 0 Å². The zero-order valence-electron chi connectivity index (χ0n) is 13.7. The SMILES string of the molecule is COC(=O)C1c2[nH]c3ccccc3c2CCN1Cc1ccccc1. The van der Waals surface area contributed by atoms with Gasteiger partial charge >= 0.3 is 5.97 Å². The summed E-state index contributed by atoms with van der Waals surface area (Å²) in [6.45, 7) is 1.57. The van der Waals surface area contributed by atoms with Crippen LogP contribution in [0.4, 0.5) is 0 Å². The number of hydrogen-bond donors (Lipinski definition) is 1. The van der Waals surface area contributed by atoms with Crippen molar-refractivity contribution in [3.63, 3.8) is 0 Å². The molecule has 0 amide bonds. The van der Waals surface area contributed by atoms with Gasteiger partial charge in [-0.2, -0.15) is 0 Å². The van der Waals surface area contributed by atoms with Crippen LogP contribution in [0.3, 0.4) is 0 Å². The molecule has 0 spiro atoms. The lowest BCUT2D eigenvalue weighted by Crippen LogP contribution is -2.39. The first kappa shape index (κ1) is 15.0. The average Bonchev–Trinajstić information content (AvgIpc) is 3.00. The third-order valence-electron chi connectivity index (χ3n) is 4.79. The molecule has 3 aromatic rings. The van der Waals surface area contributed by atoms with Crippen molar-refractivity contribution in [1.29, 1.82) is 0 Å². The molecular weight excluding hydrogens is 300 g/mol. The number of H-pyrrole nitrogens is 1. The van der Waals surface area contributed by atoms with Crippen LogP contribution in [0, 0.1) is 0 Å². The zero-order chi connectivity index (χ0) is 16.5. The highest BCUT2D eigenvalue weighted by Gasteiger charge is 2.36. The Morgan fingerprint density at radius 3 is 2.71 bits per heavy atom. The molecule has 1 N–H and O–H groups in total. The second-order valence-electron chi connectivity index (χ2n) is 6.19. The molecule has 4 rings (SSSR count). The fraction of sp³-hybridized carbons (Fsp3) is 0.250. The van der Waals surface area contributed by atoms with Gasteiger partial charge in [0.2, 0.25) is 0 Å². The minimum atomic E-state index is -0.383. The molecule has 0 radical (unpaired) electrons. The lowest BCUT2D eigenvalue weighted by molar-refractivity contribution is -0.148. The molecule has 1 aliphatic heterocycles. The maximum absolute atomic E-state index is 12.5. The predicted octanol–water partition coefficient (Wildman–Crippen LogP) is 3.44. The van der Waals surface area contributed by atoms with E-state index in [2.05, 4.69) is 34.1 Å². The van der Waals surface area contributed by atoms with Gasteiger partial charge in [-0.3, -0.25) is 4.90 Å². The van der Waals surface area contributed by atoms with Crippen molar-refractivity contribution in [2.75, 3.05) is 13.7 Å². The van der Waals surface area contributed by atoms with Gasteiger partial charge in [-0.1, -0.05) is 48.5 Å². The van der Waals surface area contributed by atoms with Crippen LogP contribution in [0.5, 0.6) is 0 Å². The highest BCUT2D eigenvalue weighted by atomic mass is 16.5. The topological polar surface area (TPSA) is 45.3 Å². The fourth-order valence-electron chi connectivity index (χ4n) is 3.66. The number of hydrogen-bond acceptors (Lipinski definition) is 3. The Labute approximate surface area is 141 Å². The summed E-state index contributed by atoms with van der Waals surface area (Å²) in [6, 6.07) is 18.1. The summed E-state index contributed by atoms with van der Waals surface area (Å²) >= 11 is 0. The van der Waals surface area contributed by atoms with Crippen LogP contribution >= 0.6 is 0 Å². The molecule has 2 heterocycles. The number of methoxy groups -OCH3 is 1. The molecule has 122 valence electrons. The molecule has 0 saturated carbocycles. The third-order valence-corrected chi connectivity index (χ3v) is 4.79. The van der Waals surface area contributed by atoms with E-state index in [1.807, 2.05) is 30.3 Å². The third kappa shape index (κ3) is 2.49. The van der Waals surface area contributed by atoms with Crippen LogP contribution < -0.4 is 0 Å². The number of nitrogens with zero attached hydrogens (tertiary/aromatic N) is 1. The minimum absolute atomic E-state index is 0.210. The minimum Gasteiger partial charge on any atom is -0.468 e. The summed E-state index contributed by atoms with van der Waals surface area (Å²) in [7, 11) is 1.46. The summed E-state index contributed by atoms with van der Waals surface area (Å²) in [5, 5.41) is 1.21. The summed E-state index contributed by atoms with van der Waals surface area (Å²) in [4.78, 5) is 18.2. The first-order chi connectivity index (χ1) is 11.8. The predicted molar refractivity (Wildman–Crippen MR) is 93.6 cm³/mol. The standard InChI is InChI=1S/C20H20N2O2/c1-24-20(23)19-18-16(15-9-5-6-10-17(15)21-18)11-12-22(19)13-14-7-3-2-4-8-14/h2-10,19,21H,11-13H2,1H3. The van der Waals surface area contributed by atoms with Crippen molar-refractivity contribution in [2.45, 2.75) is 19.0 Å². The van der Waals surface area contributed by atoms with Crippen LogP contribution in [0.1, 0.15) is 22.9 Å². The van der Waals surface area contributed by atoms with Crippen molar-refractivity contribution in [3.8, 4) is 0 Å². The normalized spacial score (nSPS) is 17.6. The van der Waals surface area contributed by atoms with Gasteiger partial charge in [0, 0.05) is 29.7 Å². The molecule has 4 nitrogen and oxygen atoms in total. The van der Waals surface area contributed by atoms with Gasteiger partial charge in [0.1, 0.15) is 6.04 Å². The second kappa shape index (κ2) is 6.13. The van der Waals surface area contributed by atoms with Crippen LogP contribution in [-0.2, 0) is 22.5 Å². The Balaban J connectivity index is 1.76. The number of para-hydroxylation sites is 1. The van der Waals surface area contributed by atoms with E-state index in [4.69, 9.17) is 4.74 Å².